The zero-order valence-corrected chi connectivity index (χ0v) is 3.00. The summed E-state index contributed by atoms with van der Waals surface area (Å²) in [6.07, 6.45) is 3.81. The Hall–Kier alpha value is -0.990. The highest BCUT2D eigenvalue weighted by molar-refractivity contribution is 4.71. The van der Waals surface area contributed by atoms with Crippen molar-refractivity contribution in [2.45, 2.75) is 0 Å². The number of hydrogen-bond acceptors (Lipinski definition) is 2. The fourth-order valence-corrected chi connectivity index (χ4v) is 0.230. The molecule has 0 atom stereocenters. The van der Waals surface area contributed by atoms with Gasteiger partial charge in [-0.3, -0.25) is 0 Å². The average molecular weight is 83.1 g/mol. The van der Waals surface area contributed by atoms with E-state index in [0.717, 1.165) is 0 Å². The maximum absolute atomic E-state index is 8.22. The van der Waals surface area contributed by atoms with E-state index in [2.05, 4.69) is 11.3 Å². The van der Waals surface area contributed by atoms with Crippen molar-refractivity contribution < 1.29 is 5.21 Å². The summed E-state index contributed by atoms with van der Waals surface area (Å²) in [6, 6.07) is 1.51. The maximum Gasteiger partial charge on any atom is 0.131 e. The van der Waals surface area contributed by atoms with Gasteiger partial charge in [0.15, 0.2) is 0 Å². The third-order valence-electron chi connectivity index (χ3n) is 0.441. The third-order valence-corrected chi connectivity index (χ3v) is 0.441. The molecule has 0 bridgehead atoms. The summed E-state index contributed by atoms with van der Waals surface area (Å²) in [5.41, 5.74) is 0. The van der Waals surface area contributed by atoms with Crippen molar-refractivity contribution in [3.05, 3.63) is 18.5 Å². The Labute approximate surface area is 34.8 Å². The molecule has 0 unspecified atom stereocenters. The van der Waals surface area contributed by atoms with Crippen LogP contribution in [0.4, 0.5) is 0 Å². The van der Waals surface area contributed by atoms with Crippen molar-refractivity contribution in [2.75, 3.05) is 0 Å². The summed E-state index contributed by atoms with van der Waals surface area (Å²) in [4.78, 5) is 0.625. The molecule has 1 heterocycles. The molecule has 0 fully saturated rings. The smallest absolute Gasteiger partial charge is 0.131 e. The molecule has 0 aliphatic heterocycles. The molecule has 0 aliphatic carbocycles. The van der Waals surface area contributed by atoms with Gasteiger partial charge in [-0.1, -0.05) is 4.85 Å². The van der Waals surface area contributed by atoms with Gasteiger partial charge in [-0.15, -0.1) is 5.10 Å². The summed E-state index contributed by atoms with van der Waals surface area (Å²) in [6.45, 7) is 0. The minimum Gasteiger partial charge on any atom is -0.411 e. The van der Waals surface area contributed by atoms with Crippen LogP contribution in [0.2, 0.25) is 0 Å². The summed E-state index contributed by atoms with van der Waals surface area (Å²) in [7, 11) is 0. The first kappa shape index (κ1) is 3.21. The zero-order chi connectivity index (χ0) is 4.41. The van der Waals surface area contributed by atoms with Crippen LogP contribution in [0.5, 0.6) is 0 Å². The molecule has 1 radical (unpaired) electrons. The Morgan fingerprint density at radius 2 is 2.67 bits per heavy atom. The molecule has 1 rings (SSSR count). The Morgan fingerprint density at radius 3 is 2.83 bits per heavy atom. The van der Waals surface area contributed by atoms with Gasteiger partial charge in [-0.05, 0) is 6.07 Å². The van der Waals surface area contributed by atoms with Gasteiger partial charge in [-0.2, -0.15) is 0 Å². The van der Waals surface area contributed by atoms with E-state index < -0.39 is 0 Å². The lowest BCUT2D eigenvalue weighted by atomic mass is 10.8. The van der Waals surface area contributed by atoms with E-state index in [9.17, 15) is 0 Å². The highest BCUT2D eigenvalue weighted by atomic mass is 16.5. The Balaban J connectivity index is 3.05. The predicted octanol–water partition coefficient (Wildman–Crippen LogP) is -0.0794. The van der Waals surface area contributed by atoms with E-state index in [0.29, 0.717) is 4.85 Å². The molecular weight excluding hydrogens is 80.0 g/mol. The quantitative estimate of drug-likeness (QED) is 0.445. The second kappa shape index (κ2) is 1.01. The lowest BCUT2D eigenvalue weighted by molar-refractivity contribution is 0.146. The highest BCUT2D eigenvalue weighted by Gasteiger charge is 1.73. The molecule has 1 aromatic heterocycles. The predicted molar refractivity (Wildman–Crippen MR) is 18.2 cm³/mol. The van der Waals surface area contributed by atoms with Crippen molar-refractivity contribution in [1.82, 2.24) is 9.94 Å². The van der Waals surface area contributed by atoms with Gasteiger partial charge >= 0.3 is 0 Å². The molecule has 3 heteroatoms. The van der Waals surface area contributed by atoms with Crippen LogP contribution in [0.3, 0.4) is 0 Å². The molecule has 0 aromatic carbocycles. The molecule has 31 valence electrons. The molecule has 3 nitrogen and oxygen atoms in total. The monoisotopic (exact) mass is 83.0 g/mol. The highest BCUT2D eigenvalue weighted by Crippen LogP contribution is 1.70. The molecule has 1 aromatic rings. The SMILES string of the molecule is On1[c]ccn1. The van der Waals surface area contributed by atoms with Gasteiger partial charge in [0.25, 0.3) is 0 Å². The summed E-state index contributed by atoms with van der Waals surface area (Å²) in [5, 5.41) is 11.6. The van der Waals surface area contributed by atoms with Crippen LogP contribution in [-0.4, -0.2) is 15.2 Å². The van der Waals surface area contributed by atoms with Crippen LogP contribution < -0.4 is 0 Å². The number of nitrogens with zero attached hydrogens (tertiary/aromatic N) is 2. The van der Waals surface area contributed by atoms with Crippen molar-refractivity contribution in [2.24, 2.45) is 0 Å². The normalized spacial score (nSPS) is 8.67. The van der Waals surface area contributed by atoms with Gasteiger partial charge < -0.3 is 5.21 Å². The first-order valence-electron chi connectivity index (χ1n) is 1.50. The average Bonchev–Trinajstić information content (AvgIpc) is 1.86. The molecule has 0 saturated carbocycles. The molecule has 0 amide bonds. The van der Waals surface area contributed by atoms with Crippen LogP contribution in [0.25, 0.3) is 0 Å². The topological polar surface area (TPSA) is 38.0 Å². The minimum atomic E-state index is 0.625. The van der Waals surface area contributed by atoms with E-state index in [4.69, 9.17) is 5.21 Å². The van der Waals surface area contributed by atoms with E-state index in [-0.39, 0.29) is 0 Å². The zero-order valence-electron chi connectivity index (χ0n) is 3.00. The third kappa shape index (κ3) is 0.337. The van der Waals surface area contributed by atoms with E-state index in [1.54, 1.807) is 0 Å². The van der Waals surface area contributed by atoms with Crippen LogP contribution in [0.15, 0.2) is 12.3 Å². The molecular formula is C3H3N2O. The number of rotatable bonds is 0. The molecule has 0 spiro atoms. The van der Waals surface area contributed by atoms with Crippen LogP contribution in [0.1, 0.15) is 0 Å². The summed E-state index contributed by atoms with van der Waals surface area (Å²) in [5.74, 6) is 0. The van der Waals surface area contributed by atoms with Crippen LogP contribution >= 0.6 is 0 Å². The molecule has 1 N–H and O–H groups in total. The maximum atomic E-state index is 8.22. The van der Waals surface area contributed by atoms with Crippen LogP contribution in [0, 0.1) is 6.20 Å². The van der Waals surface area contributed by atoms with E-state index in [1.807, 2.05) is 0 Å². The van der Waals surface area contributed by atoms with Gasteiger partial charge in [0.2, 0.25) is 0 Å². The van der Waals surface area contributed by atoms with E-state index >= 15 is 0 Å². The second-order valence-electron chi connectivity index (χ2n) is 0.850. The molecule has 0 aliphatic rings. The van der Waals surface area contributed by atoms with E-state index in [1.165, 1.54) is 12.3 Å². The van der Waals surface area contributed by atoms with Crippen molar-refractivity contribution in [3.63, 3.8) is 0 Å². The largest absolute Gasteiger partial charge is 0.411 e. The first-order chi connectivity index (χ1) is 2.89. The van der Waals surface area contributed by atoms with Crippen molar-refractivity contribution >= 4 is 0 Å². The lowest BCUT2D eigenvalue weighted by Crippen LogP contribution is -1.86. The minimum absolute atomic E-state index is 0.625. The molecule has 6 heavy (non-hydrogen) atoms. The van der Waals surface area contributed by atoms with Gasteiger partial charge in [0, 0.05) is 0 Å². The Bertz CT molecular complexity index is 112. The number of aromatic nitrogens is 2. The van der Waals surface area contributed by atoms with Gasteiger partial charge in [0.05, 0.1) is 6.20 Å². The Morgan fingerprint density at radius 1 is 1.83 bits per heavy atom. The fourth-order valence-electron chi connectivity index (χ4n) is 0.230. The van der Waals surface area contributed by atoms with Gasteiger partial charge in [0.1, 0.15) is 6.20 Å². The lowest BCUT2D eigenvalue weighted by Gasteiger charge is -1.75. The second-order valence-corrected chi connectivity index (χ2v) is 0.850. The van der Waals surface area contributed by atoms with Gasteiger partial charge in [-0.25, -0.2) is 0 Å². The van der Waals surface area contributed by atoms with Crippen LogP contribution in [-0.2, 0) is 0 Å². The molecule has 0 saturated heterocycles. The summed E-state index contributed by atoms with van der Waals surface area (Å²) >= 11 is 0. The fraction of sp³-hybridized carbons (Fsp3) is 0. The Kier molecular flexibility index (Phi) is 0.538. The first-order valence-corrected chi connectivity index (χ1v) is 1.50. The number of hydrogen-bond donors (Lipinski definition) is 1. The standard InChI is InChI=1S/C3H3N2O/c6-5-3-1-2-4-5/h1-2,6H. The van der Waals surface area contributed by atoms with Crippen molar-refractivity contribution in [3.8, 4) is 0 Å². The van der Waals surface area contributed by atoms with Crippen molar-refractivity contribution in [1.29, 1.82) is 0 Å². The summed E-state index contributed by atoms with van der Waals surface area (Å²) < 4.78 is 0.